The van der Waals surface area contributed by atoms with E-state index in [-0.39, 0.29) is 11.3 Å². The summed E-state index contributed by atoms with van der Waals surface area (Å²) in [4.78, 5) is 33.0. The molecule has 0 aliphatic carbocycles. The number of aliphatic hydroxyl groups is 1. The summed E-state index contributed by atoms with van der Waals surface area (Å²) in [6.07, 6.45) is 0. The number of amides is 1. The largest absolute Gasteiger partial charge is 0.507 e. The third-order valence-electron chi connectivity index (χ3n) is 6.33. The number of Topliss-reactive ketones (excluding diaryl/α,β-unsaturated/α-hetero) is 1. The van der Waals surface area contributed by atoms with Gasteiger partial charge in [-0.1, -0.05) is 23.5 Å². The summed E-state index contributed by atoms with van der Waals surface area (Å²) in [6, 6.07) is 16.0. The van der Waals surface area contributed by atoms with Crippen LogP contribution in [0.5, 0.6) is 23.0 Å². The number of rotatable bonds is 7. The molecule has 194 valence electrons. The summed E-state index contributed by atoms with van der Waals surface area (Å²) in [7, 11) is 6.07. The van der Waals surface area contributed by atoms with E-state index in [1.807, 2.05) is 6.07 Å². The van der Waals surface area contributed by atoms with Crippen LogP contribution in [0.25, 0.3) is 16.0 Å². The van der Waals surface area contributed by atoms with Crippen molar-refractivity contribution in [2.75, 3.05) is 33.3 Å². The van der Waals surface area contributed by atoms with Gasteiger partial charge in [0, 0.05) is 11.1 Å². The molecule has 0 spiro atoms. The minimum Gasteiger partial charge on any atom is -0.507 e. The molecule has 2 heterocycles. The number of ketones is 1. The van der Waals surface area contributed by atoms with Crippen LogP contribution < -0.4 is 23.8 Å². The van der Waals surface area contributed by atoms with E-state index in [2.05, 4.69) is 4.98 Å². The number of para-hydroxylation sites is 1. The number of nitrogens with zero attached hydrogens (tertiary/aromatic N) is 2. The summed E-state index contributed by atoms with van der Waals surface area (Å²) in [6.45, 7) is 0. The van der Waals surface area contributed by atoms with Crippen molar-refractivity contribution in [3.8, 4) is 23.0 Å². The number of aliphatic hydroxyl groups excluding tert-OH is 1. The SMILES string of the molecule is COc1ccc(/C(O)=C2\C(=O)C(=O)N(c3nc4ccc(OC)cc4s3)[C@H]2c2cccc(OC)c2OC)cc1. The summed E-state index contributed by atoms with van der Waals surface area (Å²) in [5.41, 5.74) is 1.35. The van der Waals surface area contributed by atoms with Crippen molar-refractivity contribution >= 4 is 44.1 Å². The number of thiazole rings is 1. The first-order valence-corrected chi connectivity index (χ1v) is 12.3. The standard InChI is InChI=1S/C28H24N2O7S/c1-34-16-10-8-15(9-11-16)24(31)22-23(18-6-5-7-20(36-3)26(18)37-4)30(27(33)25(22)32)28-29-19-13-12-17(35-2)14-21(19)38-28/h5-14,23,31H,1-4H3/b24-22+/t23-/m0/s1. The van der Waals surface area contributed by atoms with Gasteiger partial charge in [0.2, 0.25) is 0 Å². The van der Waals surface area contributed by atoms with Crippen LogP contribution in [-0.2, 0) is 9.59 Å². The van der Waals surface area contributed by atoms with Gasteiger partial charge in [-0.2, -0.15) is 0 Å². The molecule has 1 aliphatic rings. The molecule has 0 bridgehead atoms. The van der Waals surface area contributed by atoms with Crippen molar-refractivity contribution in [2.24, 2.45) is 0 Å². The summed E-state index contributed by atoms with van der Waals surface area (Å²) in [5.74, 6) is -0.0280. The van der Waals surface area contributed by atoms with Crippen molar-refractivity contribution in [1.82, 2.24) is 4.98 Å². The highest BCUT2D eigenvalue weighted by Crippen LogP contribution is 2.48. The van der Waals surface area contributed by atoms with Crippen molar-refractivity contribution in [2.45, 2.75) is 6.04 Å². The quantitative estimate of drug-likeness (QED) is 0.202. The average Bonchev–Trinajstić information content (AvgIpc) is 3.49. The molecule has 38 heavy (non-hydrogen) atoms. The molecule has 4 aromatic rings. The van der Waals surface area contributed by atoms with Crippen LogP contribution >= 0.6 is 11.3 Å². The molecule has 10 heteroatoms. The number of carbonyl (C=O) groups is 2. The lowest BCUT2D eigenvalue weighted by atomic mass is 9.94. The van der Waals surface area contributed by atoms with Gasteiger partial charge < -0.3 is 24.1 Å². The Morgan fingerprint density at radius 3 is 2.26 bits per heavy atom. The average molecular weight is 533 g/mol. The Labute approximate surface area is 222 Å². The predicted octanol–water partition coefficient (Wildman–Crippen LogP) is 4.96. The van der Waals surface area contributed by atoms with E-state index in [0.717, 1.165) is 4.70 Å². The fourth-order valence-corrected chi connectivity index (χ4v) is 5.50. The Morgan fingerprint density at radius 1 is 0.895 bits per heavy atom. The Balaban J connectivity index is 1.76. The second-order valence-corrected chi connectivity index (χ2v) is 9.32. The van der Waals surface area contributed by atoms with Crippen molar-refractivity contribution < 1.29 is 33.6 Å². The normalized spacial score (nSPS) is 16.6. The van der Waals surface area contributed by atoms with Crippen LogP contribution in [0.2, 0.25) is 0 Å². The van der Waals surface area contributed by atoms with Gasteiger partial charge in [-0.05, 0) is 48.5 Å². The molecule has 0 radical (unpaired) electrons. The van der Waals surface area contributed by atoms with Gasteiger partial charge in [-0.15, -0.1) is 0 Å². The molecular weight excluding hydrogens is 508 g/mol. The van der Waals surface area contributed by atoms with Crippen LogP contribution in [0.15, 0.2) is 66.2 Å². The fourth-order valence-electron chi connectivity index (χ4n) is 4.48. The van der Waals surface area contributed by atoms with E-state index >= 15 is 0 Å². The van der Waals surface area contributed by atoms with Gasteiger partial charge in [0.1, 0.15) is 23.3 Å². The Kier molecular flexibility index (Phi) is 6.64. The van der Waals surface area contributed by atoms with Crippen LogP contribution in [0.4, 0.5) is 5.13 Å². The Bertz CT molecular complexity index is 1580. The lowest BCUT2D eigenvalue weighted by Gasteiger charge is -2.25. The van der Waals surface area contributed by atoms with Crippen molar-refractivity contribution in [3.63, 3.8) is 0 Å². The van der Waals surface area contributed by atoms with Crippen LogP contribution in [0, 0.1) is 0 Å². The van der Waals surface area contributed by atoms with Crippen molar-refractivity contribution in [1.29, 1.82) is 0 Å². The van der Waals surface area contributed by atoms with Crippen LogP contribution in [-0.4, -0.2) is 50.2 Å². The molecule has 1 aromatic heterocycles. The first kappa shape index (κ1) is 25.1. The third kappa shape index (κ3) is 4.08. The van der Waals surface area contributed by atoms with Gasteiger partial charge in [0.25, 0.3) is 5.78 Å². The molecule has 3 aromatic carbocycles. The molecule has 1 amide bonds. The highest BCUT2D eigenvalue weighted by molar-refractivity contribution is 7.22. The van der Waals surface area contributed by atoms with Crippen LogP contribution in [0.3, 0.4) is 0 Å². The molecular formula is C28H24N2O7S. The van der Waals surface area contributed by atoms with Gasteiger partial charge in [0.15, 0.2) is 16.6 Å². The maximum atomic E-state index is 13.6. The molecule has 0 unspecified atom stereocenters. The summed E-state index contributed by atoms with van der Waals surface area (Å²) in [5, 5.41) is 11.7. The second kappa shape index (κ2) is 10.1. The summed E-state index contributed by atoms with van der Waals surface area (Å²) < 4.78 is 22.4. The lowest BCUT2D eigenvalue weighted by molar-refractivity contribution is -0.132. The van der Waals surface area contributed by atoms with E-state index in [0.29, 0.717) is 44.8 Å². The first-order valence-electron chi connectivity index (χ1n) is 11.5. The number of aromatic nitrogens is 1. The molecule has 1 saturated heterocycles. The van der Waals surface area contributed by atoms with E-state index in [9.17, 15) is 14.7 Å². The Hall–Kier alpha value is -4.57. The Morgan fingerprint density at radius 2 is 1.61 bits per heavy atom. The minimum absolute atomic E-state index is 0.0939. The molecule has 0 saturated carbocycles. The zero-order valence-corrected chi connectivity index (χ0v) is 21.9. The topological polar surface area (TPSA) is 107 Å². The van der Waals surface area contributed by atoms with Gasteiger partial charge in [-0.3, -0.25) is 14.5 Å². The predicted molar refractivity (Wildman–Crippen MR) is 143 cm³/mol. The highest BCUT2D eigenvalue weighted by Gasteiger charge is 2.49. The van der Waals surface area contributed by atoms with Gasteiger partial charge >= 0.3 is 5.91 Å². The molecule has 1 aliphatic heterocycles. The molecule has 1 fully saturated rings. The number of hydrogen-bond donors (Lipinski definition) is 1. The number of fused-ring (bicyclic) bond motifs is 1. The number of anilines is 1. The lowest BCUT2D eigenvalue weighted by Crippen LogP contribution is -2.29. The molecule has 9 nitrogen and oxygen atoms in total. The maximum absolute atomic E-state index is 13.6. The molecule has 1 atom stereocenters. The maximum Gasteiger partial charge on any atom is 0.301 e. The zero-order chi connectivity index (χ0) is 27.0. The number of benzene rings is 3. The molecule has 1 N–H and O–H groups in total. The van der Waals surface area contributed by atoms with Gasteiger partial charge in [0.05, 0.1) is 44.2 Å². The smallest absolute Gasteiger partial charge is 0.301 e. The second-order valence-electron chi connectivity index (χ2n) is 8.31. The fraction of sp³-hybridized carbons (Fsp3) is 0.179. The zero-order valence-electron chi connectivity index (χ0n) is 21.1. The van der Waals surface area contributed by atoms with Crippen molar-refractivity contribution in [3.05, 3.63) is 77.4 Å². The number of ether oxygens (including phenoxy) is 4. The highest BCUT2D eigenvalue weighted by atomic mass is 32.1. The van der Waals surface area contributed by atoms with Gasteiger partial charge in [-0.25, -0.2) is 4.98 Å². The first-order chi connectivity index (χ1) is 18.4. The number of methoxy groups -OCH3 is 4. The van der Waals surface area contributed by atoms with Crippen LogP contribution in [0.1, 0.15) is 17.2 Å². The van der Waals surface area contributed by atoms with E-state index < -0.39 is 17.7 Å². The monoisotopic (exact) mass is 532 g/mol. The number of carbonyl (C=O) groups excluding carboxylic acids is 2. The van der Waals surface area contributed by atoms with E-state index in [1.54, 1.807) is 61.7 Å². The minimum atomic E-state index is -1.04. The number of hydrogen-bond acceptors (Lipinski definition) is 9. The third-order valence-corrected chi connectivity index (χ3v) is 7.34. The summed E-state index contributed by atoms with van der Waals surface area (Å²) >= 11 is 1.24. The van der Waals surface area contributed by atoms with E-state index in [1.165, 1.54) is 37.6 Å². The molecule has 5 rings (SSSR count). The van der Waals surface area contributed by atoms with E-state index in [4.69, 9.17) is 18.9 Å².